The first-order valence-corrected chi connectivity index (χ1v) is 9.83. The normalized spacial score (nSPS) is 11.2. The molecule has 0 atom stereocenters. The molecule has 1 aliphatic heterocycles. The van der Waals surface area contributed by atoms with Gasteiger partial charge in [0, 0.05) is 18.7 Å². The van der Waals surface area contributed by atoms with Gasteiger partial charge in [-0.2, -0.15) is 0 Å². The summed E-state index contributed by atoms with van der Waals surface area (Å²) in [6, 6.07) is 24.4. The Bertz CT molecular complexity index is 1040. The Morgan fingerprint density at radius 2 is 1.50 bits per heavy atom. The van der Waals surface area contributed by atoms with Crippen LogP contribution in [0, 0.1) is 0 Å². The van der Waals surface area contributed by atoms with Crippen molar-refractivity contribution in [1.82, 2.24) is 5.32 Å². The van der Waals surface area contributed by atoms with Gasteiger partial charge < -0.3 is 29.7 Å². The molecule has 1 heterocycles. The van der Waals surface area contributed by atoms with Crippen molar-refractivity contribution in [3.05, 3.63) is 89.5 Å². The minimum Gasteiger partial charge on any atom is -0.489 e. The molecule has 8 heteroatoms. The number of hydrogen-bond donors (Lipinski definition) is 3. The number of carboxylic acid groups (broad SMARTS) is 2. The largest absolute Gasteiger partial charge is 0.489 e. The van der Waals surface area contributed by atoms with Crippen molar-refractivity contribution in [3.8, 4) is 17.2 Å². The minimum absolute atomic E-state index is 0.304. The molecule has 1 aliphatic rings. The summed E-state index contributed by atoms with van der Waals surface area (Å²) in [6.07, 6.45) is 0. The highest BCUT2D eigenvalue weighted by atomic mass is 16.7. The Kier molecular flexibility index (Phi) is 8.05. The topological polar surface area (TPSA) is 114 Å². The van der Waals surface area contributed by atoms with Gasteiger partial charge in [-0.15, -0.1) is 0 Å². The maximum Gasteiger partial charge on any atom is 0.414 e. The second kappa shape index (κ2) is 11.4. The van der Waals surface area contributed by atoms with Crippen LogP contribution in [0.5, 0.6) is 17.2 Å². The molecule has 3 aromatic carbocycles. The lowest BCUT2D eigenvalue weighted by Crippen LogP contribution is -2.13. The van der Waals surface area contributed by atoms with Crippen LogP contribution >= 0.6 is 0 Å². The first-order valence-electron chi connectivity index (χ1n) is 9.83. The molecule has 0 aromatic heterocycles. The molecule has 8 nitrogen and oxygen atoms in total. The van der Waals surface area contributed by atoms with E-state index in [1.807, 2.05) is 48.5 Å². The summed E-state index contributed by atoms with van der Waals surface area (Å²) in [4.78, 5) is 18.2. The van der Waals surface area contributed by atoms with Crippen molar-refractivity contribution in [1.29, 1.82) is 0 Å². The number of carboxylic acids is 2. The number of benzene rings is 3. The fraction of sp³-hybridized carbons (Fsp3) is 0.167. The van der Waals surface area contributed by atoms with Crippen molar-refractivity contribution in [3.63, 3.8) is 0 Å². The predicted octanol–water partition coefficient (Wildman–Crippen LogP) is 3.44. The maximum absolute atomic E-state index is 9.10. The highest BCUT2D eigenvalue weighted by Crippen LogP contribution is 2.32. The zero-order valence-corrected chi connectivity index (χ0v) is 17.2. The first kappa shape index (κ1) is 22.6. The monoisotopic (exact) mass is 437 g/mol. The van der Waals surface area contributed by atoms with E-state index >= 15 is 0 Å². The quantitative estimate of drug-likeness (QED) is 0.482. The predicted molar refractivity (Wildman–Crippen MR) is 116 cm³/mol. The standard InChI is InChI=1S/C22H21NO3.C2H2O4/c1-2-6-17(7-3-1)15-24-20-9-5-4-8-19(20)14-23-13-18-10-11-21-22(12-18)26-16-25-21;3-1(4)2(5)6/h1-12,23H,13-16H2;(H,3,4)(H,5,6). The molecule has 32 heavy (non-hydrogen) atoms. The molecule has 0 fully saturated rings. The summed E-state index contributed by atoms with van der Waals surface area (Å²) in [7, 11) is 0. The number of nitrogens with one attached hydrogen (secondary N) is 1. The van der Waals surface area contributed by atoms with Crippen LogP contribution in [0.15, 0.2) is 72.8 Å². The molecule has 0 radical (unpaired) electrons. The van der Waals surface area contributed by atoms with Gasteiger partial charge in [0.05, 0.1) is 0 Å². The summed E-state index contributed by atoms with van der Waals surface area (Å²) in [6.45, 7) is 2.36. The number of para-hydroxylation sites is 1. The van der Waals surface area contributed by atoms with Crippen molar-refractivity contribution in [2.75, 3.05) is 6.79 Å². The van der Waals surface area contributed by atoms with E-state index in [0.717, 1.165) is 47.0 Å². The average Bonchev–Trinajstić information content (AvgIpc) is 3.27. The van der Waals surface area contributed by atoms with Gasteiger partial charge >= 0.3 is 11.9 Å². The third kappa shape index (κ3) is 6.75. The van der Waals surface area contributed by atoms with Gasteiger partial charge in [0.15, 0.2) is 11.5 Å². The van der Waals surface area contributed by atoms with Crippen LogP contribution in [0.3, 0.4) is 0 Å². The molecule has 4 rings (SSSR count). The van der Waals surface area contributed by atoms with Gasteiger partial charge in [-0.3, -0.25) is 0 Å². The van der Waals surface area contributed by atoms with Crippen molar-refractivity contribution in [2.24, 2.45) is 0 Å². The summed E-state index contributed by atoms with van der Waals surface area (Å²) in [5.74, 6) is -1.11. The van der Waals surface area contributed by atoms with E-state index in [0.29, 0.717) is 13.4 Å². The number of ether oxygens (including phenoxy) is 3. The van der Waals surface area contributed by atoms with Gasteiger partial charge in [0.2, 0.25) is 6.79 Å². The zero-order valence-electron chi connectivity index (χ0n) is 17.2. The van der Waals surface area contributed by atoms with E-state index in [1.54, 1.807) is 0 Å². The van der Waals surface area contributed by atoms with Crippen LogP contribution in [0.25, 0.3) is 0 Å². The van der Waals surface area contributed by atoms with Crippen LogP contribution in [0.2, 0.25) is 0 Å². The van der Waals surface area contributed by atoms with Gasteiger partial charge in [-0.05, 0) is 29.3 Å². The molecule has 0 saturated carbocycles. The number of carbonyl (C=O) groups is 2. The Hall–Kier alpha value is -4.04. The lowest BCUT2D eigenvalue weighted by atomic mass is 10.1. The molecule has 3 N–H and O–H groups in total. The van der Waals surface area contributed by atoms with E-state index in [4.69, 9.17) is 34.0 Å². The Labute approximate surface area is 185 Å². The number of aliphatic carboxylic acids is 2. The summed E-state index contributed by atoms with van der Waals surface area (Å²) < 4.78 is 16.8. The van der Waals surface area contributed by atoms with E-state index in [2.05, 4.69) is 29.6 Å². The van der Waals surface area contributed by atoms with Crippen LogP contribution in [-0.4, -0.2) is 28.9 Å². The van der Waals surface area contributed by atoms with Crippen molar-refractivity contribution in [2.45, 2.75) is 19.7 Å². The highest BCUT2D eigenvalue weighted by Gasteiger charge is 2.13. The first-order chi connectivity index (χ1) is 15.5. The Morgan fingerprint density at radius 3 is 2.25 bits per heavy atom. The third-order valence-corrected chi connectivity index (χ3v) is 4.47. The van der Waals surface area contributed by atoms with Crippen LogP contribution in [0.1, 0.15) is 16.7 Å². The molecule has 3 aromatic rings. The van der Waals surface area contributed by atoms with Crippen LogP contribution in [-0.2, 0) is 29.3 Å². The van der Waals surface area contributed by atoms with E-state index < -0.39 is 11.9 Å². The van der Waals surface area contributed by atoms with Crippen LogP contribution in [0.4, 0.5) is 0 Å². The molecule has 166 valence electrons. The average molecular weight is 437 g/mol. The molecule has 0 saturated heterocycles. The molecule has 0 unspecified atom stereocenters. The lowest BCUT2D eigenvalue weighted by Gasteiger charge is -2.12. The van der Waals surface area contributed by atoms with Gasteiger partial charge in [0.25, 0.3) is 0 Å². The molecular weight excluding hydrogens is 414 g/mol. The van der Waals surface area contributed by atoms with Crippen molar-refractivity contribution < 1.29 is 34.0 Å². The summed E-state index contributed by atoms with van der Waals surface area (Å²) >= 11 is 0. The maximum atomic E-state index is 9.10. The van der Waals surface area contributed by atoms with Crippen molar-refractivity contribution >= 4 is 11.9 Å². The number of fused-ring (bicyclic) bond motifs is 1. The number of hydrogen-bond acceptors (Lipinski definition) is 6. The van der Waals surface area contributed by atoms with E-state index in [1.165, 1.54) is 0 Å². The molecule has 0 spiro atoms. The smallest absolute Gasteiger partial charge is 0.414 e. The summed E-state index contributed by atoms with van der Waals surface area (Å²) in [5.41, 5.74) is 3.47. The molecule has 0 bridgehead atoms. The Morgan fingerprint density at radius 1 is 0.812 bits per heavy atom. The van der Waals surface area contributed by atoms with E-state index in [9.17, 15) is 0 Å². The molecule has 0 aliphatic carbocycles. The van der Waals surface area contributed by atoms with Gasteiger partial charge in [-0.25, -0.2) is 9.59 Å². The van der Waals surface area contributed by atoms with E-state index in [-0.39, 0.29) is 0 Å². The SMILES string of the molecule is O=C(O)C(=O)O.c1ccc(COc2ccccc2CNCc2ccc3c(c2)OCO3)cc1. The van der Waals surface area contributed by atoms with Gasteiger partial charge in [0.1, 0.15) is 12.4 Å². The highest BCUT2D eigenvalue weighted by molar-refractivity contribution is 6.27. The number of rotatable bonds is 7. The fourth-order valence-corrected chi connectivity index (χ4v) is 2.92. The molecule has 0 amide bonds. The third-order valence-electron chi connectivity index (χ3n) is 4.47. The minimum atomic E-state index is -1.82. The lowest BCUT2D eigenvalue weighted by molar-refractivity contribution is -0.159. The van der Waals surface area contributed by atoms with Crippen LogP contribution < -0.4 is 19.5 Å². The molecular formula is C24H23NO7. The van der Waals surface area contributed by atoms with Gasteiger partial charge in [-0.1, -0.05) is 54.6 Å². The second-order valence-electron chi connectivity index (χ2n) is 6.78. The fourth-order valence-electron chi connectivity index (χ4n) is 2.92. The zero-order chi connectivity index (χ0) is 22.8. The second-order valence-corrected chi connectivity index (χ2v) is 6.78. The Balaban J connectivity index is 0.000000427. The summed E-state index contributed by atoms with van der Waals surface area (Å²) in [5, 5.41) is 18.3.